The highest BCUT2D eigenvalue weighted by atomic mass is 35.5. The zero-order valence-corrected chi connectivity index (χ0v) is 11.1. The molecule has 0 radical (unpaired) electrons. The largest absolute Gasteiger partial charge is 0.398 e. The standard InChI is InChI=1S/C11H13ClN2O3S/c12-7-1-4-10(9(13)5-7)18(16,17)6-11(15)14-8-2-3-8/h1,4-5,8H,2-3,6,13H2,(H,14,15). The minimum absolute atomic E-state index is 0.0571. The van der Waals surface area contributed by atoms with Gasteiger partial charge in [-0.2, -0.15) is 0 Å². The van der Waals surface area contributed by atoms with Gasteiger partial charge >= 0.3 is 0 Å². The fourth-order valence-corrected chi connectivity index (χ4v) is 3.01. The second-order valence-electron chi connectivity index (χ2n) is 4.28. The molecule has 1 fully saturated rings. The van der Waals surface area contributed by atoms with Gasteiger partial charge < -0.3 is 11.1 Å². The quantitative estimate of drug-likeness (QED) is 0.808. The Hall–Kier alpha value is -1.27. The summed E-state index contributed by atoms with van der Waals surface area (Å²) in [6.45, 7) is 0. The van der Waals surface area contributed by atoms with Crippen molar-refractivity contribution >= 4 is 33.0 Å². The number of sulfone groups is 1. The Balaban J connectivity index is 2.16. The van der Waals surface area contributed by atoms with Gasteiger partial charge in [-0.3, -0.25) is 4.79 Å². The van der Waals surface area contributed by atoms with Crippen LogP contribution in [0.4, 0.5) is 5.69 Å². The van der Waals surface area contributed by atoms with Gasteiger partial charge in [0.2, 0.25) is 5.91 Å². The van der Waals surface area contributed by atoms with E-state index in [1.165, 1.54) is 18.2 Å². The highest BCUT2D eigenvalue weighted by molar-refractivity contribution is 7.92. The lowest BCUT2D eigenvalue weighted by Gasteiger charge is -2.08. The van der Waals surface area contributed by atoms with Crippen molar-refractivity contribution in [1.29, 1.82) is 0 Å². The van der Waals surface area contributed by atoms with E-state index in [1.807, 2.05) is 0 Å². The molecular weight excluding hydrogens is 276 g/mol. The fourth-order valence-electron chi connectivity index (χ4n) is 1.55. The van der Waals surface area contributed by atoms with Gasteiger partial charge in [0.05, 0.1) is 10.6 Å². The number of hydrogen-bond donors (Lipinski definition) is 2. The molecule has 0 aliphatic heterocycles. The molecule has 0 bridgehead atoms. The number of amides is 1. The number of carbonyl (C=O) groups is 1. The van der Waals surface area contributed by atoms with Gasteiger partial charge in [0, 0.05) is 11.1 Å². The summed E-state index contributed by atoms with van der Waals surface area (Å²) in [5.41, 5.74) is 5.66. The summed E-state index contributed by atoms with van der Waals surface area (Å²) in [6.07, 6.45) is 1.82. The lowest BCUT2D eigenvalue weighted by atomic mass is 10.3. The van der Waals surface area contributed by atoms with Crippen LogP contribution in [0.5, 0.6) is 0 Å². The van der Waals surface area contributed by atoms with Crippen molar-refractivity contribution in [2.45, 2.75) is 23.8 Å². The fraction of sp³-hybridized carbons (Fsp3) is 0.364. The summed E-state index contributed by atoms with van der Waals surface area (Å²) in [7, 11) is -3.72. The Morgan fingerprint density at radius 1 is 1.44 bits per heavy atom. The van der Waals surface area contributed by atoms with Gasteiger partial charge in [0.15, 0.2) is 9.84 Å². The first-order valence-corrected chi connectivity index (χ1v) is 7.48. The molecule has 0 heterocycles. The third kappa shape index (κ3) is 3.14. The first kappa shape index (κ1) is 13.2. The predicted molar refractivity (Wildman–Crippen MR) is 69.1 cm³/mol. The van der Waals surface area contributed by atoms with Crippen LogP contribution in [0.25, 0.3) is 0 Å². The number of rotatable bonds is 4. The van der Waals surface area contributed by atoms with E-state index in [0.29, 0.717) is 5.02 Å². The summed E-state index contributed by atoms with van der Waals surface area (Å²) in [5, 5.41) is 2.98. The van der Waals surface area contributed by atoms with Crippen LogP contribution in [0.3, 0.4) is 0 Å². The molecule has 7 heteroatoms. The SMILES string of the molecule is Nc1cc(Cl)ccc1S(=O)(=O)CC(=O)NC1CC1. The monoisotopic (exact) mass is 288 g/mol. The molecule has 0 spiro atoms. The number of nitrogens with one attached hydrogen (secondary N) is 1. The molecular formula is C11H13ClN2O3S. The van der Waals surface area contributed by atoms with E-state index in [0.717, 1.165) is 12.8 Å². The van der Waals surface area contributed by atoms with Crippen LogP contribution in [0.1, 0.15) is 12.8 Å². The van der Waals surface area contributed by atoms with Crippen LogP contribution < -0.4 is 11.1 Å². The van der Waals surface area contributed by atoms with E-state index in [4.69, 9.17) is 17.3 Å². The van der Waals surface area contributed by atoms with Crippen molar-refractivity contribution in [2.75, 3.05) is 11.5 Å². The third-order valence-electron chi connectivity index (χ3n) is 2.57. The Morgan fingerprint density at radius 2 is 2.11 bits per heavy atom. The Morgan fingerprint density at radius 3 is 2.67 bits per heavy atom. The molecule has 0 unspecified atom stereocenters. The van der Waals surface area contributed by atoms with E-state index in [1.54, 1.807) is 0 Å². The Bertz CT molecular complexity index is 582. The van der Waals surface area contributed by atoms with Crippen LogP contribution in [0.2, 0.25) is 5.02 Å². The van der Waals surface area contributed by atoms with E-state index in [2.05, 4.69) is 5.32 Å². The molecule has 1 saturated carbocycles. The molecule has 1 aromatic carbocycles. The maximum atomic E-state index is 12.0. The smallest absolute Gasteiger partial charge is 0.235 e. The van der Waals surface area contributed by atoms with Crippen molar-refractivity contribution in [2.24, 2.45) is 0 Å². The van der Waals surface area contributed by atoms with Crippen LogP contribution in [-0.2, 0) is 14.6 Å². The molecule has 3 N–H and O–H groups in total. The summed E-state index contributed by atoms with van der Waals surface area (Å²) in [6, 6.07) is 4.24. The van der Waals surface area contributed by atoms with E-state index in [9.17, 15) is 13.2 Å². The number of anilines is 1. The van der Waals surface area contributed by atoms with E-state index in [-0.39, 0.29) is 16.6 Å². The zero-order chi connectivity index (χ0) is 13.3. The van der Waals surface area contributed by atoms with E-state index < -0.39 is 21.5 Å². The second-order valence-corrected chi connectivity index (χ2v) is 6.68. The van der Waals surface area contributed by atoms with Crippen LogP contribution >= 0.6 is 11.6 Å². The lowest BCUT2D eigenvalue weighted by molar-refractivity contribution is -0.118. The summed E-state index contributed by atoms with van der Waals surface area (Å²) >= 11 is 5.70. The topological polar surface area (TPSA) is 89.3 Å². The molecule has 1 aliphatic rings. The summed E-state index contributed by atoms with van der Waals surface area (Å²) < 4.78 is 24.0. The van der Waals surface area contributed by atoms with Crippen molar-refractivity contribution in [3.63, 3.8) is 0 Å². The molecule has 1 aromatic rings. The van der Waals surface area contributed by atoms with E-state index >= 15 is 0 Å². The molecule has 98 valence electrons. The minimum Gasteiger partial charge on any atom is -0.398 e. The lowest BCUT2D eigenvalue weighted by Crippen LogP contribution is -2.32. The third-order valence-corrected chi connectivity index (χ3v) is 4.49. The number of benzene rings is 1. The Kier molecular flexibility index (Phi) is 3.49. The van der Waals surface area contributed by atoms with Crippen LogP contribution in [-0.4, -0.2) is 26.1 Å². The molecule has 2 rings (SSSR count). The highest BCUT2D eigenvalue weighted by Crippen LogP contribution is 2.24. The predicted octanol–water partition coefficient (Wildman–Crippen LogP) is 0.975. The van der Waals surface area contributed by atoms with Crippen molar-refractivity contribution in [3.05, 3.63) is 23.2 Å². The molecule has 0 aromatic heterocycles. The van der Waals surface area contributed by atoms with Gasteiger partial charge in [-0.05, 0) is 31.0 Å². The number of nitrogens with two attached hydrogens (primary N) is 1. The van der Waals surface area contributed by atoms with Gasteiger partial charge in [-0.15, -0.1) is 0 Å². The van der Waals surface area contributed by atoms with Gasteiger partial charge in [-0.1, -0.05) is 11.6 Å². The summed E-state index contributed by atoms with van der Waals surface area (Å²) in [5.74, 6) is -1.08. The summed E-state index contributed by atoms with van der Waals surface area (Å²) in [4.78, 5) is 11.4. The van der Waals surface area contributed by atoms with Crippen LogP contribution in [0, 0.1) is 0 Å². The molecule has 5 nitrogen and oxygen atoms in total. The van der Waals surface area contributed by atoms with Crippen molar-refractivity contribution in [1.82, 2.24) is 5.32 Å². The first-order chi connectivity index (χ1) is 8.38. The molecule has 18 heavy (non-hydrogen) atoms. The van der Waals surface area contributed by atoms with Gasteiger partial charge in [-0.25, -0.2) is 8.42 Å². The van der Waals surface area contributed by atoms with Crippen molar-refractivity contribution < 1.29 is 13.2 Å². The average Bonchev–Trinajstić information content (AvgIpc) is 2.99. The highest BCUT2D eigenvalue weighted by Gasteiger charge is 2.27. The maximum absolute atomic E-state index is 12.0. The average molecular weight is 289 g/mol. The number of carbonyl (C=O) groups excluding carboxylic acids is 1. The minimum atomic E-state index is -3.72. The normalized spacial score (nSPS) is 15.4. The van der Waals surface area contributed by atoms with Gasteiger partial charge in [0.1, 0.15) is 5.75 Å². The number of halogens is 1. The number of hydrogen-bond acceptors (Lipinski definition) is 4. The maximum Gasteiger partial charge on any atom is 0.235 e. The Labute approximate surface area is 110 Å². The molecule has 0 atom stereocenters. The zero-order valence-electron chi connectivity index (χ0n) is 9.52. The van der Waals surface area contributed by atoms with Gasteiger partial charge in [0.25, 0.3) is 0 Å². The number of nitrogen functional groups attached to an aromatic ring is 1. The van der Waals surface area contributed by atoms with Crippen LogP contribution in [0.15, 0.2) is 23.1 Å². The molecule has 1 aliphatic carbocycles. The molecule has 0 saturated heterocycles. The second kappa shape index (κ2) is 4.78. The van der Waals surface area contributed by atoms with Crippen molar-refractivity contribution in [3.8, 4) is 0 Å². The molecule has 1 amide bonds. The first-order valence-electron chi connectivity index (χ1n) is 5.45.